The van der Waals surface area contributed by atoms with Gasteiger partial charge in [-0.25, -0.2) is 0 Å². The number of hydrogen-bond acceptors (Lipinski definition) is 4. The molecule has 1 aromatic carbocycles. The zero-order valence-corrected chi connectivity index (χ0v) is 15.3. The number of rotatable bonds is 10. The van der Waals surface area contributed by atoms with Crippen LogP contribution in [0.15, 0.2) is 46.6 Å². The maximum atomic E-state index is 11.2. The second-order valence-corrected chi connectivity index (χ2v) is 6.43. The van der Waals surface area contributed by atoms with Crippen molar-refractivity contribution in [2.24, 2.45) is 0 Å². The molecule has 0 spiro atoms. The molecule has 1 N–H and O–H groups in total. The Balaban J connectivity index is 0.000000254. The van der Waals surface area contributed by atoms with E-state index in [0.29, 0.717) is 6.61 Å². The van der Waals surface area contributed by atoms with Gasteiger partial charge in [0.2, 0.25) is 0 Å². The van der Waals surface area contributed by atoms with Crippen LogP contribution in [0.2, 0.25) is 0 Å². The number of aromatic nitrogens is 1. The van der Waals surface area contributed by atoms with E-state index >= 15 is 0 Å². The number of unbranched alkanes of at least 4 members (excludes halogenated alkanes) is 5. The van der Waals surface area contributed by atoms with Crippen molar-refractivity contribution >= 4 is 11.5 Å². The fourth-order valence-corrected chi connectivity index (χ4v) is 2.90. The van der Waals surface area contributed by atoms with Crippen molar-refractivity contribution in [2.45, 2.75) is 52.0 Å². The highest BCUT2D eigenvalue weighted by Crippen LogP contribution is 2.07. The fraction of sp³-hybridized carbons (Fsp3) is 0.526. The van der Waals surface area contributed by atoms with Gasteiger partial charge in [-0.15, -0.1) is 0 Å². The van der Waals surface area contributed by atoms with E-state index in [2.05, 4.69) is 6.92 Å². The van der Waals surface area contributed by atoms with E-state index in [1.807, 2.05) is 39.7 Å². The number of aliphatic hydroxyl groups is 1. The molecule has 0 amide bonds. The lowest BCUT2D eigenvalue weighted by molar-refractivity contribution is 0.201. The van der Waals surface area contributed by atoms with Crippen LogP contribution in [0.4, 0.5) is 0 Å². The van der Waals surface area contributed by atoms with Gasteiger partial charge in [0.1, 0.15) is 12.4 Å². The predicted molar refractivity (Wildman–Crippen MR) is 101 cm³/mol. The van der Waals surface area contributed by atoms with E-state index in [1.165, 1.54) is 43.6 Å². The summed E-state index contributed by atoms with van der Waals surface area (Å²) >= 11 is 1.52. The smallest absolute Gasteiger partial charge is 0.260 e. The average Bonchev–Trinajstić information content (AvgIpc) is 3.03. The van der Waals surface area contributed by atoms with Crippen LogP contribution < -0.4 is 10.3 Å². The Morgan fingerprint density at radius 1 is 1.04 bits per heavy atom. The van der Waals surface area contributed by atoms with E-state index in [0.717, 1.165) is 18.7 Å². The molecule has 24 heavy (non-hydrogen) atoms. The molecule has 0 aliphatic heterocycles. The van der Waals surface area contributed by atoms with Crippen LogP contribution in [0.3, 0.4) is 0 Å². The lowest BCUT2D eigenvalue weighted by atomic mass is 10.1. The van der Waals surface area contributed by atoms with Crippen molar-refractivity contribution < 1.29 is 9.84 Å². The van der Waals surface area contributed by atoms with E-state index in [9.17, 15) is 4.79 Å². The summed E-state index contributed by atoms with van der Waals surface area (Å²) in [5, 5.41) is 10.3. The molecule has 0 radical (unpaired) electrons. The molecule has 0 aliphatic rings. The number of aliphatic hydroxyl groups excluding tert-OH is 1. The maximum absolute atomic E-state index is 11.2. The first-order chi connectivity index (χ1) is 11.8. The molecule has 0 fully saturated rings. The molecule has 1 heterocycles. The van der Waals surface area contributed by atoms with Gasteiger partial charge in [0.05, 0.1) is 6.61 Å². The second kappa shape index (κ2) is 13.8. The van der Waals surface area contributed by atoms with Crippen LogP contribution in [-0.4, -0.2) is 22.3 Å². The van der Waals surface area contributed by atoms with Gasteiger partial charge in [0, 0.05) is 18.0 Å². The molecule has 0 unspecified atom stereocenters. The highest BCUT2D eigenvalue weighted by molar-refractivity contribution is 7.04. The molecule has 0 saturated carbocycles. The summed E-state index contributed by atoms with van der Waals surface area (Å²) in [5.74, 6) is 0.802. The van der Waals surface area contributed by atoms with Gasteiger partial charge in [-0.05, 0) is 18.6 Å². The zero-order chi connectivity index (χ0) is 17.5. The first-order valence-electron chi connectivity index (χ1n) is 8.71. The molecule has 0 saturated heterocycles. The third-order valence-corrected chi connectivity index (χ3v) is 4.34. The number of nitrogens with zero attached hydrogens (tertiary/aromatic N) is 1. The van der Waals surface area contributed by atoms with Crippen LogP contribution in [0.1, 0.15) is 45.4 Å². The fourth-order valence-electron chi connectivity index (χ4n) is 2.18. The summed E-state index contributed by atoms with van der Waals surface area (Å²) in [6.07, 6.45) is 7.70. The van der Waals surface area contributed by atoms with Gasteiger partial charge >= 0.3 is 0 Å². The van der Waals surface area contributed by atoms with Crippen LogP contribution in [0, 0.1) is 0 Å². The minimum atomic E-state index is 0.0644. The highest BCUT2D eigenvalue weighted by Gasteiger charge is 1.96. The highest BCUT2D eigenvalue weighted by atomic mass is 32.1. The van der Waals surface area contributed by atoms with Crippen molar-refractivity contribution in [2.75, 3.05) is 13.2 Å². The molecule has 0 atom stereocenters. The SMILES string of the molecule is CCCCCCCCn1sccc1=O.OCCOc1ccccc1. The summed E-state index contributed by atoms with van der Waals surface area (Å²) < 4.78 is 6.94. The first kappa shape index (κ1) is 20.5. The van der Waals surface area contributed by atoms with Gasteiger partial charge < -0.3 is 9.84 Å². The Kier molecular flexibility index (Phi) is 11.8. The Hall–Kier alpha value is -1.59. The predicted octanol–water partition coefficient (Wildman–Crippen LogP) is 4.33. The molecule has 1 aromatic heterocycles. The van der Waals surface area contributed by atoms with Crippen molar-refractivity contribution in [3.05, 3.63) is 52.1 Å². The minimum Gasteiger partial charge on any atom is -0.491 e. The van der Waals surface area contributed by atoms with Gasteiger partial charge in [0.25, 0.3) is 5.56 Å². The average molecular weight is 352 g/mol. The number of aryl methyl sites for hydroxylation is 1. The van der Waals surface area contributed by atoms with Gasteiger partial charge in [-0.3, -0.25) is 8.75 Å². The third kappa shape index (κ3) is 9.53. The van der Waals surface area contributed by atoms with E-state index in [-0.39, 0.29) is 12.2 Å². The van der Waals surface area contributed by atoms with Crippen LogP contribution in [0.25, 0.3) is 0 Å². The minimum absolute atomic E-state index is 0.0644. The van der Waals surface area contributed by atoms with Gasteiger partial charge in [0.15, 0.2) is 0 Å². The van der Waals surface area contributed by atoms with Crippen molar-refractivity contribution in [3.63, 3.8) is 0 Å². The molecule has 2 aromatic rings. The molecular weight excluding hydrogens is 322 g/mol. The maximum Gasteiger partial charge on any atom is 0.260 e. The Morgan fingerprint density at radius 2 is 1.75 bits per heavy atom. The lowest BCUT2D eigenvalue weighted by Crippen LogP contribution is -2.11. The second-order valence-electron chi connectivity index (χ2n) is 5.50. The Bertz CT molecular complexity index is 565. The molecular formula is C19H29NO3S. The topological polar surface area (TPSA) is 51.5 Å². The monoisotopic (exact) mass is 351 g/mol. The molecule has 2 rings (SSSR count). The van der Waals surface area contributed by atoms with Crippen LogP contribution >= 0.6 is 11.5 Å². The standard InChI is InChI=1S/C11H19NOS.C8H10O2/c1-2-3-4-5-6-7-9-12-11(13)8-10-14-12;9-6-7-10-8-4-2-1-3-5-8/h8,10H,2-7,9H2,1H3;1-5,9H,6-7H2. The number of hydrogen-bond donors (Lipinski definition) is 1. The first-order valence-corrected chi connectivity index (χ1v) is 9.55. The third-order valence-electron chi connectivity index (χ3n) is 3.46. The Labute approximate surface area is 148 Å². The molecule has 0 aliphatic carbocycles. The number of benzene rings is 1. The Morgan fingerprint density at radius 3 is 2.38 bits per heavy atom. The van der Waals surface area contributed by atoms with Crippen molar-refractivity contribution in [3.8, 4) is 5.75 Å². The molecule has 5 heteroatoms. The summed E-state index contributed by atoms with van der Waals surface area (Å²) in [4.78, 5) is 11.2. The van der Waals surface area contributed by atoms with Crippen molar-refractivity contribution in [1.29, 1.82) is 0 Å². The summed E-state index contributed by atoms with van der Waals surface area (Å²) in [5.41, 5.74) is 0.156. The number of para-hydroxylation sites is 1. The van der Waals surface area contributed by atoms with Crippen LogP contribution in [-0.2, 0) is 6.54 Å². The van der Waals surface area contributed by atoms with E-state index in [4.69, 9.17) is 9.84 Å². The quantitative estimate of drug-likeness (QED) is 0.648. The van der Waals surface area contributed by atoms with Gasteiger partial charge in [-0.1, -0.05) is 68.8 Å². The van der Waals surface area contributed by atoms with Gasteiger partial charge in [-0.2, -0.15) is 0 Å². The summed E-state index contributed by atoms with van der Waals surface area (Å²) in [6.45, 7) is 3.56. The summed E-state index contributed by atoms with van der Waals surface area (Å²) in [7, 11) is 0. The summed E-state index contributed by atoms with van der Waals surface area (Å²) in [6, 6.07) is 11.1. The largest absolute Gasteiger partial charge is 0.491 e. The lowest BCUT2D eigenvalue weighted by Gasteiger charge is -2.01. The normalized spacial score (nSPS) is 10.1. The van der Waals surface area contributed by atoms with E-state index in [1.54, 1.807) is 6.07 Å². The van der Waals surface area contributed by atoms with E-state index < -0.39 is 0 Å². The van der Waals surface area contributed by atoms with Crippen molar-refractivity contribution in [1.82, 2.24) is 3.96 Å². The molecule has 0 bridgehead atoms. The molecule has 4 nitrogen and oxygen atoms in total. The van der Waals surface area contributed by atoms with Crippen LogP contribution in [0.5, 0.6) is 5.75 Å². The zero-order valence-electron chi connectivity index (χ0n) is 14.5. The number of ether oxygens (including phenoxy) is 1. The molecule has 134 valence electrons.